The fourth-order valence-corrected chi connectivity index (χ4v) is 3.12. The van der Waals surface area contributed by atoms with Gasteiger partial charge in [0.05, 0.1) is 25.9 Å². The lowest BCUT2D eigenvalue weighted by Crippen LogP contribution is -2.49. The Kier molecular flexibility index (Phi) is 6.95. The molecule has 0 spiro atoms. The highest BCUT2D eigenvalue weighted by Gasteiger charge is 2.32. The fraction of sp³-hybridized carbons (Fsp3) is 0.304. The summed E-state index contributed by atoms with van der Waals surface area (Å²) in [6.45, 7) is 2.77. The van der Waals surface area contributed by atoms with E-state index < -0.39 is 6.10 Å². The summed E-state index contributed by atoms with van der Waals surface area (Å²) in [5.41, 5.74) is 1.43. The number of benzene rings is 2. The summed E-state index contributed by atoms with van der Waals surface area (Å²) in [6, 6.07) is 12.7. The average Bonchev–Trinajstić information content (AvgIpc) is 2.79. The van der Waals surface area contributed by atoms with Gasteiger partial charge in [-0.3, -0.25) is 9.59 Å². The minimum Gasteiger partial charge on any atom is -0.493 e. The van der Waals surface area contributed by atoms with Gasteiger partial charge in [0.1, 0.15) is 5.75 Å². The van der Waals surface area contributed by atoms with Gasteiger partial charge >= 0.3 is 0 Å². The van der Waals surface area contributed by atoms with E-state index in [0.29, 0.717) is 29.5 Å². The molecule has 158 valence electrons. The van der Waals surface area contributed by atoms with E-state index in [1.165, 1.54) is 6.08 Å². The van der Waals surface area contributed by atoms with Gasteiger partial charge in [-0.2, -0.15) is 0 Å². The standard InChI is InChI=1S/C23H26N2O5/c1-4-13-29-19-11-9-16(14-20(19)28-3)10-12-22(26)25-15-21(23(27)24-2)30-18-8-6-5-7-17(18)25/h5-12,14,21H,4,13,15H2,1-3H3,(H,24,27)/b12-10+/t21-/m0/s1. The maximum Gasteiger partial charge on any atom is 0.262 e. The molecular formula is C23H26N2O5. The summed E-state index contributed by atoms with van der Waals surface area (Å²) in [7, 11) is 3.12. The van der Waals surface area contributed by atoms with Gasteiger partial charge in [-0.15, -0.1) is 0 Å². The number of amides is 2. The lowest BCUT2D eigenvalue weighted by atomic mass is 10.1. The van der Waals surface area contributed by atoms with Crippen LogP contribution in [0.5, 0.6) is 17.2 Å². The lowest BCUT2D eigenvalue weighted by Gasteiger charge is -2.33. The van der Waals surface area contributed by atoms with Crippen molar-refractivity contribution < 1.29 is 23.8 Å². The normalized spacial score (nSPS) is 15.3. The predicted molar refractivity (Wildman–Crippen MR) is 115 cm³/mol. The smallest absolute Gasteiger partial charge is 0.262 e. The van der Waals surface area contributed by atoms with Crippen molar-refractivity contribution in [1.82, 2.24) is 5.32 Å². The molecule has 1 aliphatic rings. The van der Waals surface area contributed by atoms with Crippen LogP contribution in [0.25, 0.3) is 6.08 Å². The van der Waals surface area contributed by atoms with Crippen LogP contribution in [-0.2, 0) is 9.59 Å². The summed E-state index contributed by atoms with van der Waals surface area (Å²) in [6.07, 6.45) is 3.32. The number of para-hydroxylation sites is 2. The van der Waals surface area contributed by atoms with E-state index in [0.717, 1.165) is 12.0 Å². The number of ether oxygens (including phenoxy) is 3. The Morgan fingerprint density at radius 2 is 2.03 bits per heavy atom. The van der Waals surface area contributed by atoms with Crippen molar-refractivity contribution in [3.05, 3.63) is 54.1 Å². The molecule has 30 heavy (non-hydrogen) atoms. The fourth-order valence-electron chi connectivity index (χ4n) is 3.12. The van der Waals surface area contributed by atoms with Gasteiger partial charge in [0, 0.05) is 13.1 Å². The molecule has 3 rings (SSSR count). The largest absolute Gasteiger partial charge is 0.493 e. The van der Waals surface area contributed by atoms with Gasteiger partial charge < -0.3 is 24.4 Å². The van der Waals surface area contributed by atoms with Crippen molar-refractivity contribution in [3.8, 4) is 17.2 Å². The molecule has 0 fully saturated rings. The van der Waals surface area contributed by atoms with E-state index in [2.05, 4.69) is 5.32 Å². The number of hydrogen-bond acceptors (Lipinski definition) is 5. The van der Waals surface area contributed by atoms with Gasteiger partial charge in [-0.05, 0) is 42.3 Å². The molecule has 0 saturated heterocycles. The monoisotopic (exact) mass is 410 g/mol. The Bertz CT molecular complexity index is 941. The summed E-state index contributed by atoms with van der Waals surface area (Å²) >= 11 is 0. The third kappa shape index (κ3) is 4.74. The van der Waals surface area contributed by atoms with E-state index in [1.807, 2.05) is 31.2 Å². The van der Waals surface area contributed by atoms with E-state index in [4.69, 9.17) is 14.2 Å². The van der Waals surface area contributed by atoms with Crippen LogP contribution in [0.2, 0.25) is 0 Å². The Balaban J connectivity index is 1.80. The molecule has 2 aromatic carbocycles. The number of rotatable bonds is 7. The summed E-state index contributed by atoms with van der Waals surface area (Å²) < 4.78 is 16.8. The quantitative estimate of drug-likeness (QED) is 0.710. The zero-order chi connectivity index (χ0) is 21.5. The Morgan fingerprint density at radius 3 is 2.77 bits per heavy atom. The molecule has 0 aromatic heterocycles. The maximum absolute atomic E-state index is 12.9. The second-order valence-corrected chi connectivity index (χ2v) is 6.73. The van der Waals surface area contributed by atoms with Crippen molar-refractivity contribution in [3.63, 3.8) is 0 Å². The Labute approximate surface area is 176 Å². The second kappa shape index (κ2) is 9.82. The van der Waals surface area contributed by atoms with E-state index in [1.54, 1.807) is 43.3 Å². The van der Waals surface area contributed by atoms with Crippen molar-refractivity contribution in [2.24, 2.45) is 0 Å². The van der Waals surface area contributed by atoms with Gasteiger partial charge in [-0.25, -0.2) is 0 Å². The number of carbonyl (C=O) groups is 2. The summed E-state index contributed by atoms with van der Waals surface area (Å²) in [5, 5.41) is 2.57. The van der Waals surface area contributed by atoms with Crippen LogP contribution in [0, 0.1) is 0 Å². The summed E-state index contributed by atoms with van der Waals surface area (Å²) in [4.78, 5) is 26.6. The first-order chi connectivity index (χ1) is 14.6. The van der Waals surface area contributed by atoms with Gasteiger partial charge in [0.15, 0.2) is 17.6 Å². The van der Waals surface area contributed by atoms with E-state index in [9.17, 15) is 9.59 Å². The van der Waals surface area contributed by atoms with Crippen LogP contribution >= 0.6 is 0 Å². The average molecular weight is 410 g/mol. The van der Waals surface area contributed by atoms with Gasteiger partial charge in [0.25, 0.3) is 11.8 Å². The van der Waals surface area contributed by atoms with Crippen LogP contribution in [0.15, 0.2) is 48.5 Å². The molecule has 7 heteroatoms. The van der Waals surface area contributed by atoms with Gasteiger partial charge in [0.2, 0.25) is 0 Å². The molecule has 1 N–H and O–H groups in total. The molecule has 0 aliphatic carbocycles. The first-order valence-electron chi connectivity index (χ1n) is 9.85. The third-order valence-electron chi connectivity index (χ3n) is 4.65. The second-order valence-electron chi connectivity index (χ2n) is 6.73. The highest BCUT2D eigenvalue weighted by atomic mass is 16.5. The SMILES string of the molecule is CCCOc1ccc(/C=C/C(=O)N2C[C@@H](C(=O)NC)Oc3ccccc32)cc1OC. The van der Waals surface area contributed by atoms with Crippen molar-refractivity contribution >= 4 is 23.6 Å². The van der Waals surface area contributed by atoms with Crippen LogP contribution in [0.4, 0.5) is 5.69 Å². The number of nitrogens with one attached hydrogen (secondary N) is 1. The third-order valence-corrected chi connectivity index (χ3v) is 4.65. The van der Waals surface area contributed by atoms with Crippen LogP contribution in [0.1, 0.15) is 18.9 Å². The number of anilines is 1. The van der Waals surface area contributed by atoms with Crippen molar-refractivity contribution in [1.29, 1.82) is 0 Å². The topological polar surface area (TPSA) is 77.1 Å². The Morgan fingerprint density at radius 1 is 1.23 bits per heavy atom. The number of likely N-dealkylation sites (N-methyl/N-ethyl adjacent to an activating group) is 1. The molecular weight excluding hydrogens is 384 g/mol. The molecule has 1 heterocycles. The molecule has 2 amide bonds. The predicted octanol–water partition coefficient (Wildman–Crippen LogP) is 3.04. The van der Waals surface area contributed by atoms with Crippen LogP contribution in [-0.4, -0.2) is 45.2 Å². The van der Waals surface area contributed by atoms with Crippen LogP contribution < -0.4 is 24.4 Å². The zero-order valence-electron chi connectivity index (χ0n) is 17.4. The minimum atomic E-state index is -0.766. The molecule has 1 atom stereocenters. The highest BCUT2D eigenvalue weighted by molar-refractivity contribution is 6.05. The molecule has 1 aliphatic heterocycles. The number of methoxy groups -OCH3 is 1. The number of fused-ring (bicyclic) bond motifs is 1. The first kappa shape index (κ1) is 21.2. The first-order valence-corrected chi connectivity index (χ1v) is 9.85. The van der Waals surface area contributed by atoms with Crippen molar-refractivity contribution in [2.45, 2.75) is 19.4 Å². The summed E-state index contributed by atoms with van der Waals surface area (Å²) in [5.74, 6) is 1.25. The molecule has 0 saturated carbocycles. The number of hydrogen-bond donors (Lipinski definition) is 1. The van der Waals surface area contributed by atoms with Crippen LogP contribution in [0.3, 0.4) is 0 Å². The number of carbonyl (C=O) groups excluding carboxylic acids is 2. The zero-order valence-corrected chi connectivity index (χ0v) is 17.4. The number of nitrogens with zero attached hydrogens (tertiary/aromatic N) is 1. The van der Waals surface area contributed by atoms with Gasteiger partial charge in [-0.1, -0.05) is 25.1 Å². The van der Waals surface area contributed by atoms with E-state index >= 15 is 0 Å². The molecule has 2 aromatic rings. The Hall–Kier alpha value is -3.48. The molecule has 0 unspecified atom stereocenters. The highest BCUT2D eigenvalue weighted by Crippen LogP contribution is 2.33. The molecule has 0 bridgehead atoms. The van der Waals surface area contributed by atoms with E-state index in [-0.39, 0.29) is 18.4 Å². The minimum absolute atomic E-state index is 0.132. The lowest BCUT2D eigenvalue weighted by molar-refractivity contribution is -0.127. The maximum atomic E-state index is 12.9. The molecule has 7 nitrogen and oxygen atoms in total. The molecule has 0 radical (unpaired) electrons. The van der Waals surface area contributed by atoms with Crippen molar-refractivity contribution in [2.75, 3.05) is 32.2 Å².